The van der Waals surface area contributed by atoms with E-state index in [4.69, 9.17) is 4.74 Å². The van der Waals surface area contributed by atoms with E-state index in [0.717, 1.165) is 16.9 Å². The van der Waals surface area contributed by atoms with Gasteiger partial charge < -0.3 is 10.1 Å². The van der Waals surface area contributed by atoms with Crippen molar-refractivity contribution in [1.82, 2.24) is 10.2 Å². The number of ether oxygens (including phenoxy) is 1. The van der Waals surface area contributed by atoms with Crippen molar-refractivity contribution in [1.29, 1.82) is 0 Å². The fraction of sp³-hybridized carbons (Fsp3) is 0.227. The van der Waals surface area contributed by atoms with Crippen molar-refractivity contribution in [3.8, 4) is 17.0 Å². The number of carbonyl (C=O) groups excluding carboxylic acids is 1. The van der Waals surface area contributed by atoms with E-state index in [1.54, 1.807) is 37.3 Å². The Morgan fingerprint density at radius 1 is 0.933 bits per heavy atom. The lowest BCUT2D eigenvalue weighted by atomic mass is 10.1. The van der Waals surface area contributed by atoms with Gasteiger partial charge in [0.2, 0.25) is 5.91 Å². The summed E-state index contributed by atoms with van der Waals surface area (Å²) in [6, 6.07) is 17.6. The highest BCUT2D eigenvalue weighted by Gasteiger charge is 2.14. The normalized spacial score (nSPS) is 11.1. The fourth-order valence-corrected chi connectivity index (χ4v) is 3.51. The van der Waals surface area contributed by atoms with Crippen molar-refractivity contribution in [2.75, 3.05) is 17.7 Å². The monoisotopic (exact) mass is 425 g/mol. The fourth-order valence-electron chi connectivity index (χ4n) is 2.77. The Balaban J connectivity index is 1.62. The number of nitrogens with one attached hydrogen (secondary N) is 1. The molecule has 0 bridgehead atoms. The maximum atomic E-state index is 12.3. The van der Waals surface area contributed by atoms with E-state index in [-0.39, 0.29) is 23.1 Å². The Labute approximate surface area is 176 Å². The average molecular weight is 426 g/mol. The van der Waals surface area contributed by atoms with Crippen LogP contribution in [0, 0.1) is 0 Å². The summed E-state index contributed by atoms with van der Waals surface area (Å²) in [5.41, 5.74) is 2.88. The number of anilines is 1. The van der Waals surface area contributed by atoms with E-state index < -0.39 is 9.84 Å². The van der Waals surface area contributed by atoms with Gasteiger partial charge in [0.1, 0.15) is 5.75 Å². The number of hydrogen-bond acceptors (Lipinski definition) is 6. The predicted octanol–water partition coefficient (Wildman–Crippen LogP) is 3.52. The van der Waals surface area contributed by atoms with Gasteiger partial charge in [0.25, 0.3) is 0 Å². The summed E-state index contributed by atoms with van der Waals surface area (Å²) < 4.78 is 29.0. The van der Waals surface area contributed by atoms with Gasteiger partial charge in [-0.05, 0) is 48.9 Å². The lowest BCUT2D eigenvalue weighted by Crippen LogP contribution is -2.14. The zero-order chi connectivity index (χ0) is 21.6. The van der Waals surface area contributed by atoms with Crippen LogP contribution in [-0.2, 0) is 21.1 Å². The molecular weight excluding hydrogens is 402 g/mol. The molecule has 3 rings (SSSR count). The highest BCUT2D eigenvalue weighted by atomic mass is 32.2. The molecule has 0 saturated carbocycles. The van der Waals surface area contributed by atoms with E-state index in [1.165, 1.54) is 6.07 Å². The number of benzene rings is 2. The molecule has 8 heteroatoms. The first-order chi connectivity index (χ1) is 14.4. The number of sulfone groups is 1. The summed E-state index contributed by atoms with van der Waals surface area (Å²) in [4.78, 5) is 12.3. The lowest BCUT2D eigenvalue weighted by molar-refractivity contribution is -0.115. The molecule has 0 spiro atoms. The smallest absolute Gasteiger partial charge is 0.228 e. The first-order valence-electron chi connectivity index (χ1n) is 9.60. The van der Waals surface area contributed by atoms with Crippen LogP contribution in [0.2, 0.25) is 0 Å². The highest BCUT2D eigenvalue weighted by Crippen LogP contribution is 2.20. The van der Waals surface area contributed by atoms with Crippen LogP contribution in [0.3, 0.4) is 0 Å². The molecule has 1 amide bonds. The van der Waals surface area contributed by atoms with E-state index in [9.17, 15) is 13.2 Å². The molecular formula is C22H23N3O4S. The first kappa shape index (κ1) is 21.4. The van der Waals surface area contributed by atoms with Gasteiger partial charge in [-0.15, -0.1) is 10.2 Å². The molecule has 3 aromatic rings. The van der Waals surface area contributed by atoms with Crippen LogP contribution in [0.5, 0.6) is 5.75 Å². The molecule has 30 heavy (non-hydrogen) atoms. The largest absolute Gasteiger partial charge is 0.494 e. The molecule has 0 aliphatic heterocycles. The summed E-state index contributed by atoms with van der Waals surface area (Å²) in [6.45, 7) is 4.09. The Kier molecular flexibility index (Phi) is 6.79. The summed E-state index contributed by atoms with van der Waals surface area (Å²) in [6.07, 6.45) is 0.257. The van der Waals surface area contributed by atoms with E-state index in [1.807, 2.05) is 31.2 Å². The van der Waals surface area contributed by atoms with Gasteiger partial charge in [-0.3, -0.25) is 4.79 Å². The average Bonchev–Trinajstić information content (AvgIpc) is 2.76. The third-order valence-electron chi connectivity index (χ3n) is 4.40. The van der Waals surface area contributed by atoms with Gasteiger partial charge >= 0.3 is 0 Å². The molecule has 156 valence electrons. The van der Waals surface area contributed by atoms with Crippen LogP contribution in [0.15, 0.2) is 65.7 Å². The number of nitrogens with zero attached hydrogens (tertiary/aromatic N) is 2. The lowest BCUT2D eigenvalue weighted by Gasteiger charge is -2.08. The molecule has 0 saturated heterocycles. The first-order valence-corrected chi connectivity index (χ1v) is 11.2. The number of hydrogen-bond donors (Lipinski definition) is 1. The van der Waals surface area contributed by atoms with E-state index >= 15 is 0 Å². The molecule has 0 unspecified atom stereocenters. The summed E-state index contributed by atoms with van der Waals surface area (Å²) in [7, 11) is -3.38. The molecule has 0 atom stereocenters. The van der Waals surface area contributed by atoms with Crippen LogP contribution in [0.1, 0.15) is 19.4 Å². The predicted molar refractivity (Wildman–Crippen MR) is 115 cm³/mol. The number of amides is 1. The third kappa shape index (κ3) is 5.42. The zero-order valence-corrected chi connectivity index (χ0v) is 17.6. The van der Waals surface area contributed by atoms with E-state index in [0.29, 0.717) is 18.0 Å². The number of aromatic nitrogens is 2. The Morgan fingerprint density at radius 3 is 2.20 bits per heavy atom. The van der Waals surface area contributed by atoms with Crippen molar-refractivity contribution in [2.45, 2.75) is 25.3 Å². The molecule has 0 radical (unpaired) electrons. The molecule has 0 fully saturated rings. The molecule has 1 aromatic heterocycles. The van der Waals surface area contributed by atoms with Gasteiger partial charge in [0, 0.05) is 11.3 Å². The maximum Gasteiger partial charge on any atom is 0.228 e. The second-order valence-corrected chi connectivity index (χ2v) is 8.76. The molecule has 1 heterocycles. The molecule has 1 N–H and O–H groups in total. The zero-order valence-electron chi connectivity index (χ0n) is 16.8. The highest BCUT2D eigenvalue weighted by molar-refractivity contribution is 7.91. The van der Waals surface area contributed by atoms with Gasteiger partial charge in [-0.2, -0.15) is 0 Å². The molecule has 7 nitrogen and oxygen atoms in total. The van der Waals surface area contributed by atoms with Crippen LogP contribution in [-0.4, -0.2) is 36.9 Å². The van der Waals surface area contributed by atoms with Crippen LogP contribution in [0.4, 0.5) is 5.69 Å². The molecule has 2 aromatic carbocycles. The summed E-state index contributed by atoms with van der Waals surface area (Å²) in [5.74, 6) is 0.632. The van der Waals surface area contributed by atoms with Gasteiger partial charge in [-0.1, -0.05) is 31.2 Å². The van der Waals surface area contributed by atoms with Crippen molar-refractivity contribution in [2.24, 2.45) is 0 Å². The van der Waals surface area contributed by atoms with Gasteiger partial charge in [0.05, 0.1) is 24.5 Å². The van der Waals surface area contributed by atoms with Crippen LogP contribution >= 0.6 is 0 Å². The van der Waals surface area contributed by atoms with Gasteiger partial charge in [0.15, 0.2) is 14.9 Å². The van der Waals surface area contributed by atoms with Crippen LogP contribution < -0.4 is 10.1 Å². The van der Waals surface area contributed by atoms with Crippen LogP contribution in [0.25, 0.3) is 11.3 Å². The van der Waals surface area contributed by atoms with Gasteiger partial charge in [-0.25, -0.2) is 8.42 Å². The standard InChI is InChI=1S/C22H23N3O4S/c1-3-29-19-11-5-16(6-12-19)15-21(26)23-18-9-7-17(8-10-18)20-13-14-22(25-24-20)30(27,28)4-2/h5-14H,3-4,15H2,1-2H3,(H,23,26). The minimum Gasteiger partial charge on any atom is -0.494 e. The third-order valence-corrected chi connectivity index (χ3v) is 6.02. The van der Waals surface area contributed by atoms with Crippen molar-refractivity contribution < 1.29 is 17.9 Å². The molecule has 0 aliphatic carbocycles. The number of rotatable bonds is 8. The second kappa shape index (κ2) is 9.49. The number of carbonyl (C=O) groups is 1. The summed E-state index contributed by atoms with van der Waals surface area (Å²) in [5, 5.41) is 10.6. The minimum absolute atomic E-state index is 0.0217. The van der Waals surface area contributed by atoms with E-state index in [2.05, 4.69) is 15.5 Å². The molecule has 0 aliphatic rings. The van der Waals surface area contributed by atoms with Crippen molar-refractivity contribution in [3.63, 3.8) is 0 Å². The van der Waals surface area contributed by atoms with Crippen molar-refractivity contribution >= 4 is 21.4 Å². The Bertz CT molecular complexity index is 1090. The topological polar surface area (TPSA) is 98.2 Å². The SMILES string of the molecule is CCOc1ccc(CC(=O)Nc2ccc(-c3ccc(S(=O)(=O)CC)nn3)cc2)cc1. The van der Waals surface area contributed by atoms with Crippen molar-refractivity contribution in [3.05, 3.63) is 66.2 Å². The quantitative estimate of drug-likeness (QED) is 0.593. The Hall–Kier alpha value is -3.26. The second-order valence-electron chi connectivity index (χ2n) is 6.54. The minimum atomic E-state index is -3.38. The Morgan fingerprint density at radius 2 is 1.63 bits per heavy atom. The maximum absolute atomic E-state index is 12.3. The summed E-state index contributed by atoms with van der Waals surface area (Å²) >= 11 is 0.